The number of carbonyl (C=O) groups excluding carboxylic acids is 3. The Kier molecular flexibility index (Phi) is 32.1. The van der Waals surface area contributed by atoms with Crippen LogP contribution < -0.4 is 43.6 Å². The number of carbonyl (C=O) groups is 3. The molecular weight excluding hydrogens is 1710 g/mol. The van der Waals surface area contributed by atoms with Gasteiger partial charge in [-0.1, -0.05) is 116 Å². The summed E-state index contributed by atoms with van der Waals surface area (Å²) < 4.78 is 34.2. The van der Waals surface area contributed by atoms with Crippen LogP contribution in [0.15, 0.2) is 147 Å². The number of rotatable bonds is 21. The largest absolute Gasteiger partial charge is 0.462 e. The van der Waals surface area contributed by atoms with Gasteiger partial charge in [-0.2, -0.15) is 70.4 Å². The van der Waals surface area contributed by atoms with Gasteiger partial charge in [0.15, 0.2) is 0 Å². The third-order valence-electron chi connectivity index (χ3n) is 26.7. The minimum atomic E-state index is -0.270. The first-order chi connectivity index (χ1) is 61.4. The molecule has 0 radical (unpaired) electrons. The van der Waals surface area contributed by atoms with Gasteiger partial charge in [-0.3, -0.25) is 14.4 Å². The Hall–Kier alpha value is -11.2. The van der Waals surface area contributed by atoms with Gasteiger partial charge >= 0.3 is 18.0 Å². The number of aromatic nitrogens is 6. The Labute approximate surface area is 782 Å². The highest BCUT2D eigenvalue weighted by atomic mass is 35.5. The van der Waals surface area contributed by atoms with E-state index in [1.165, 1.54) is 59.2 Å². The molecule has 6 saturated heterocycles. The van der Waals surface area contributed by atoms with Crippen molar-refractivity contribution >= 4 is 137 Å². The van der Waals surface area contributed by atoms with Crippen LogP contribution in [0.5, 0.6) is 18.0 Å². The molecule has 27 nitrogen and oxygen atoms in total. The van der Waals surface area contributed by atoms with E-state index in [1.807, 2.05) is 42.5 Å². The number of amides is 3. The van der Waals surface area contributed by atoms with E-state index in [9.17, 15) is 14.4 Å². The highest BCUT2D eigenvalue weighted by molar-refractivity contribution is 7.59. The van der Waals surface area contributed by atoms with E-state index in [0.29, 0.717) is 153 Å². The van der Waals surface area contributed by atoms with Crippen LogP contribution >= 0.6 is 52.1 Å². The molecule has 18 rings (SSSR count). The summed E-state index contributed by atoms with van der Waals surface area (Å²) in [6.07, 6.45) is 13.0. The zero-order valence-corrected chi connectivity index (χ0v) is 77.9. The van der Waals surface area contributed by atoms with Gasteiger partial charge in [0.2, 0.25) is 37.4 Å². The molecular formula is C97H117ClFN21O6S3. The summed E-state index contributed by atoms with van der Waals surface area (Å²) in [6.45, 7) is 49.9. The van der Waals surface area contributed by atoms with Crippen LogP contribution in [-0.4, -0.2) is 272 Å². The van der Waals surface area contributed by atoms with Crippen LogP contribution in [0.1, 0.15) is 77.9 Å². The lowest BCUT2D eigenvalue weighted by atomic mass is 9.99. The molecule has 3 unspecified atom stereocenters. The second-order valence-corrected chi connectivity index (χ2v) is 34.7. The van der Waals surface area contributed by atoms with E-state index in [0.717, 1.165) is 155 Å². The number of piperazine rings is 3. The lowest BCUT2D eigenvalue weighted by Gasteiger charge is -2.41. The molecule has 32 heteroatoms. The number of halogens is 2. The monoisotopic (exact) mass is 1820 g/mol. The highest BCUT2D eigenvalue weighted by Crippen LogP contribution is 2.42. The topological polar surface area (TPSA) is 208 Å². The third-order valence-corrected chi connectivity index (χ3v) is 27.0. The lowest BCUT2D eigenvalue weighted by Crippen LogP contribution is -2.56. The molecule has 6 aromatic carbocycles. The Morgan fingerprint density at radius 2 is 0.798 bits per heavy atom. The van der Waals surface area contributed by atoms with E-state index >= 15 is 4.39 Å². The number of anilines is 6. The summed E-state index contributed by atoms with van der Waals surface area (Å²) in [7, 11) is 6.39. The number of likely N-dealkylation sites (tertiary alicyclic amines) is 3. The van der Waals surface area contributed by atoms with Crippen LogP contribution in [0.2, 0.25) is 5.02 Å². The maximum atomic E-state index is 15.3. The molecule has 0 bridgehead atoms. The average molecular weight is 1820 g/mol. The maximum Gasteiger partial charge on any atom is 0.318 e. The molecule has 12 heterocycles. The van der Waals surface area contributed by atoms with Crippen LogP contribution in [0, 0.1) is 32.5 Å². The highest BCUT2D eigenvalue weighted by Gasteiger charge is 2.41. The number of hydrogen-bond acceptors (Lipinski definition) is 21. The number of benzene rings is 6. The zero-order valence-electron chi connectivity index (χ0n) is 74.1. The summed E-state index contributed by atoms with van der Waals surface area (Å²) in [5, 5.41) is 7.28. The van der Waals surface area contributed by atoms with Gasteiger partial charge in [-0.15, -0.1) is 0 Å². The first-order valence-electron chi connectivity index (χ1n) is 44.2. The molecule has 9 aromatic rings. The van der Waals surface area contributed by atoms with Crippen LogP contribution in [0.4, 0.5) is 38.9 Å². The van der Waals surface area contributed by atoms with Gasteiger partial charge in [0.05, 0.1) is 47.4 Å². The van der Waals surface area contributed by atoms with Crippen molar-refractivity contribution in [3.05, 3.63) is 232 Å². The van der Waals surface area contributed by atoms with Gasteiger partial charge in [-0.25, -0.2) is 24.1 Å². The minimum absolute atomic E-state index is 0. The quantitative estimate of drug-likeness (QED) is 0.0484. The third kappa shape index (κ3) is 21.0. The molecule has 678 valence electrons. The number of likely N-dealkylation sites (N-methyl/N-ethyl adjacent to an activating group) is 3. The van der Waals surface area contributed by atoms with Gasteiger partial charge in [-0.05, 0) is 170 Å². The average Bonchev–Trinajstić information content (AvgIpc) is 1.08. The SMILES string of the molecule is S.S.S.[C-]#[N+]CC1CN(c2nc(OC[C@@H]3CCCN3C)nc3c2CCN(c2c(F)ccc4ccccc24)C3)CCN1C(=O)C=C.[C-]#[N+]CC1CN(c2nc(OC[C@@H]3CCCN3C)nc3c2CCN(c2cccc4cccc(C)c24)C3)CCN1C(=O)C=C.[C-]#[N+]CC1CN(c2nc(OC[C@@H]3CCCN3C)nc3c2CCN(c2cccc4cccc(Cl)c24)C3)CCN1C(=O)C=C. The molecule has 9 aliphatic rings. The molecule has 6 fully saturated rings. The molecule has 0 aliphatic carbocycles. The van der Waals surface area contributed by atoms with Crippen LogP contribution in [0.25, 0.3) is 46.9 Å². The molecule has 129 heavy (non-hydrogen) atoms. The van der Waals surface area contributed by atoms with Crippen molar-refractivity contribution in [2.75, 3.05) is 188 Å². The first kappa shape index (κ1) is 95.4. The zero-order chi connectivity index (χ0) is 87.6. The number of ether oxygens (including phenoxy) is 3. The number of nitrogens with zero attached hydrogens (tertiary/aromatic N) is 21. The Morgan fingerprint density at radius 1 is 0.434 bits per heavy atom. The molecule has 0 spiro atoms. The Morgan fingerprint density at radius 3 is 1.19 bits per heavy atom. The maximum absolute atomic E-state index is 15.3. The van der Waals surface area contributed by atoms with Crippen molar-refractivity contribution in [1.82, 2.24) is 59.3 Å². The number of fused-ring (bicyclic) bond motifs is 6. The van der Waals surface area contributed by atoms with Gasteiger partial charge in [0.1, 0.15) is 61.2 Å². The van der Waals surface area contributed by atoms with Gasteiger partial charge in [0, 0.05) is 141 Å². The van der Waals surface area contributed by atoms with Crippen molar-refractivity contribution in [2.45, 2.75) is 121 Å². The van der Waals surface area contributed by atoms with Crippen LogP contribution in [0.3, 0.4) is 0 Å². The normalized spacial score (nSPS) is 20.3. The molecule has 0 N–H and O–H groups in total. The van der Waals surface area contributed by atoms with Crippen molar-refractivity contribution in [3.8, 4) is 18.0 Å². The Bertz CT molecular complexity index is 5480. The van der Waals surface area contributed by atoms with E-state index < -0.39 is 0 Å². The second-order valence-electron chi connectivity index (χ2n) is 34.3. The van der Waals surface area contributed by atoms with Crippen molar-refractivity contribution in [2.24, 2.45) is 0 Å². The van der Waals surface area contributed by atoms with E-state index in [1.54, 1.807) is 14.7 Å². The molecule has 6 atom stereocenters. The molecule has 3 amide bonds. The molecule has 0 saturated carbocycles. The van der Waals surface area contributed by atoms with E-state index in [-0.39, 0.29) is 102 Å². The van der Waals surface area contributed by atoms with Gasteiger partial charge in [0.25, 0.3) is 0 Å². The predicted molar refractivity (Wildman–Crippen MR) is 525 cm³/mol. The molecule has 3 aromatic heterocycles. The summed E-state index contributed by atoms with van der Waals surface area (Å²) in [4.78, 5) is 104. The van der Waals surface area contributed by atoms with E-state index in [4.69, 9.17) is 75.4 Å². The standard InChI is InChI=1S/C33H39N7O2.C32H36ClN7O2.C32H36FN7O2.3H2S/c1-5-30(41)40-18-17-39(20-26(40)19-34-3)32-27-14-16-38(29-13-7-11-24-10-6-9-23(2)31(24)29)21-28(27)35-33(36-32)42-22-25-12-8-15-37(25)4;1-4-29(41)40-17-16-39(19-24(40)18-34-2)31-25-13-15-38(28-12-6-9-22-8-5-11-26(33)30(22)28)20-27(25)35-32(36-31)42-21-23-10-7-14-37(23)3;1-4-29(41)40-17-16-39(19-24(40)18-34-2)31-26-13-15-38(30-25-10-6-5-8-22(25)11-12-27(30)33)20-28(26)35-32(36-31)42-21-23-9-7-14-37(23)3;;;/h5-7,9-11,13,25-26H,1,8,12,14-22H2,2,4H3;4-6,8-9,11-12,23-24H,1,7,10,13-21H2,3H3;4-6,8,10-12,23-24H,1,7,9,13-21H2,3H3;3*1H2/t25-,26?;2*23-,24?;;;/m000.../s1. The number of hydrogen-bond donors (Lipinski definition) is 0. The summed E-state index contributed by atoms with van der Waals surface area (Å²) in [5.41, 5.74) is 10.2. The first-order valence-corrected chi connectivity index (χ1v) is 44.6. The summed E-state index contributed by atoms with van der Waals surface area (Å²) in [6, 6.07) is 37.9. The fourth-order valence-corrected chi connectivity index (χ4v) is 20.1. The lowest BCUT2D eigenvalue weighted by molar-refractivity contribution is -0.129. The minimum Gasteiger partial charge on any atom is -0.462 e. The smallest absolute Gasteiger partial charge is 0.318 e. The summed E-state index contributed by atoms with van der Waals surface area (Å²) >= 11 is 6.69. The number of aryl methyl sites for hydroxylation is 1. The molecule has 9 aliphatic heterocycles. The summed E-state index contributed by atoms with van der Waals surface area (Å²) in [5.74, 6) is 1.84. The fraction of sp³-hybridized carbons (Fsp3) is 0.443. The van der Waals surface area contributed by atoms with Crippen LogP contribution in [-0.2, 0) is 53.3 Å². The van der Waals surface area contributed by atoms with Gasteiger partial charge < -0.3 is 87.5 Å². The fourth-order valence-electron chi connectivity index (χ4n) is 19.8. The van der Waals surface area contributed by atoms with Crippen molar-refractivity contribution in [1.29, 1.82) is 0 Å². The van der Waals surface area contributed by atoms with E-state index in [2.05, 4.69) is 167 Å². The second kappa shape index (κ2) is 43.5. The van der Waals surface area contributed by atoms with Crippen molar-refractivity contribution in [3.63, 3.8) is 0 Å². The Balaban J connectivity index is 0.000000163. The van der Waals surface area contributed by atoms with Crippen molar-refractivity contribution < 1.29 is 33.0 Å². The predicted octanol–water partition coefficient (Wildman–Crippen LogP) is 12.8.